The number of hydrogen-bond acceptors (Lipinski definition) is 5. The highest BCUT2D eigenvalue weighted by atomic mass is 32.1. The van der Waals surface area contributed by atoms with Crippen LogP contribution in [-0.2, 0) is 17.6 Å². The Morgan fingerprint density at radius 3 is 2.90 bits per heavy atom. The van der Waals surface area contributed by atoms with Crippen LogP contribution in [0.25, 0.3) is 10.2 Å². The third-order valence-corrected chi connectivity index (χ3v) is 4.49. The lowest BCUT2D eigenvalue weighted by molar-refractivity contribution is 0.166. The van der Waals surface area contributed by atoms with Crippen LogP contribution in [0.3, 0.4) is 0 Å². The molecule has 1 unspecified atom stereocenters. The molecule has 0 bridgehead atoms. The van der Waals surface area contributed by atoms with Gasteiger partial charge >= 0.3 is 0 Å². The monoisotopic (exact) mass is 293 g/mol. The van der Waals surface area contributed by atoms with E-state index in [4.69, 9.17) is 4.74 Å². The minimum absolute atomic E-state index is 0.308. The van der Waals surface area contributed by atoms with Gasteiger partial charge in [-0.2, -0.15) is 0 Å². The molecule has 0 amide bonds. The summed E-state index contributed by atoms with van der Waals surface area (Å²) in [7, 11) is 1.75. The fourth-order valence-electron chi connectivity index (χ4n) is 2.26. The first-order valence-corrected chi connectivity index (χ1v) is 8.04. The zero-order chi connectivity index (χ0) is 14.4. The van der Waals surface area contributed by atoms with Gasteiger partial charge in [-0.25, -0.2) is 9.97 Å². The van der Waals surface area contributed by atoms with Crippen molar-refractivity contribution in [3.8, 4) is 0 Å². The summed E-state index contributed by atoms with van der Waals surface area (Å²) in [6, 6.07) is 2.54. The fraction of sp³-hybridized carbons (Fsp3) is 0.600. The van der Waals surface area contributed by atoms with Gasteiger partial charge in [-0.15, -0.1) is 11.3 Å². The van der Waals surface area contributed by atoms with E-state index in [0.717, 1.165) is 36.3 Å². The number of methoxy groups -OCH3 is 1. The molecule has 0 saturated carbocycles. The highest BCUT2D eigenvalue weighted by Gasteiger charge is 2.14. The Kier molecular flexibility index (Phi) is 5.88. The lowest BCUT2D eigenvalue weighted by Gasteiger charge is -2.17. The van der Waals surface area contributed by atoms with Gasteiger partial charge in [0.15, 0.2) is 0 Å². The Balaban J connectivity index is 2.19. The summed E-state index contributed by atoms with van der Waals surface area (Å²) in [5.74, 6) is 0. The van der Waals surface area contributed by atoms with Gasteiger partial charge < -0.3 is 10.1 Å². The molecule has 0 aromatic carbocycles. The van der Waals surface area contributed by atoms with Crippen molar-refractivity contribution in [3.63, 3.8) is 0 Å². The largest absolute Gasteiger partial charge is 0.383 e. The zero-order valence-corrected chi connectivity index (χ0v) is 13.3. The standard InChI is InChI=1S/C15H23N3OS/c1-4-6-16-11(9-19-3)7-14-13-8-12(5-2)20-15(13)18-10-17-14/h8,10-11,16H,4-7,9H2,1-3H3. The molecule has 0 spiro atoms. The van der Waals surface area contributed by atoms with Gasteiger partial charge in [0.1, 0.15) is 11.2 Å². The van der Waals surface area contributed by atoms with Crippen molar-refractivity contribution < 1.29 is 4.74 Å². The van der Waals surface area contributed by atoms with Crippen LogP contribution in [0.4, 0.5) is 0 Å². The topological polar surface area (TPSA) is 47.0 Å². The number of thiophene rings is 1. The molecule has 0 aliphatic heterocycles. The Bertz CT molecular complexity index is 541. The van der Waals surface area contributed by atoms with Crippen LogP contribution in [0.5, 0.6) is 0 Å². The molecule has 2 aromatic rings. The maximum atomic E-state index is 5.31. The van der Waals surface area contributed by atoms with Crippen molar-refractivity contribution in [2.75, 3.05) is 20.3 Å². The summed E-state index contributed by atoms with van der Waals surface area (Å²) in [5.41, 5.74) is 1.12. The number of hydrogen-bond donors (Lipinski definition) is 1. The number of nitrogens with one attached hydrogen (secondary N) is 1. The van der Waals surface area contributed by atoms with E-state index in [1.54, 1.807) is 24.8 Å². The summed E-state index contributed by atoms with van der Waals surface area (Å²) in [4.78, 5) is 11.3. The molecule has 1 atom stereocenters. The number of ether oxygens (including phenoxy) is 1. The van der Waals surface area contributed by atoms with Crippen molar-refractivity contribution in [1.29, 1.82) is 0 Å². The van der Waals surface area contributed by atoms with E-state index < -0.39 is 0 Å². The first-order chi connectivity index (χ1) is 9.78. The average molecular weight is 293 g/mol. The quantitative estimate of drug-likeness (QED) is 0.813. The van der Waals surface area contributed by atoms with Gasteiger partial charge in [0.25, 0.3) is 0 Å². The van der Waals surface area contributed by atoms with E-state index in [-0.39, 0.29) is 0 Å². The maximum Gasteiger partial charge on any atom is 0.127 e. The molecule has 0 saturated heterocycles. The predicted molar refractivity (Wildman–Crippen MR) is 84.5 cm³/mol. The number of rotatable bonds is 8. The molecule has 2 rings (SSSR count). The Hall–Kier alpha value is -1.04. The molecular weight excluding hydrogens is 270 g/mol. The van der Waals surface area contributed by atoms with Gasteiger partial charge in [-0.1, -0.05) is 13.8 Å². The third-order valence-electron chi connectivity index (χ3n) is 3.30. The van der Waals surface area contributed by atoms with Crippen LogP contribution < -0.4 is 5.32 Å². The van der Waals surface area contributed by atoms with Crippen molar-refractivity contribution in [1.82, 2.24) is 15.3 Å². The predicted octanol–water partition coefficient (Wildman–Crippen LogP) is 2.81. The normalized spacial score (nSPS) is 12.9. The summed E-state index contributed by atoms with van der Waals surface area (Å²) in [6.45, 7) is 6.06. The van der Waals surface area contributed by atoms with Crippen LogP contribution in [0, 0.1) is 0 Å². The van der Waals surface area contributed by atoms with E-state index in [1.165, 1.54) is 10.3 Å². The lowest BCUT2D eigenvalue weighted by atomic mass is 10.1. The van der Waals surface area contributed by atoms with E-state index in [2.05, 4.69) is 35.2 Å². The Morgan fingerprint density at radius 2 is 2.20 bits per heavy atom. The molecule has 0 aliphatic carbocycles. The van der Waals surface area contributed by atoms with Crippen LogP contribution in [0.2, 0.25) is 0 Å². The van der Waals surface area contributed by atoms with E-state index in [9.17, 15) is 0 Å². The SMILES string of the molecule is CCCNC(COC)Cc1ncnc2sc(CC)cc12. The molecule has 4 nitrogen and oxygen atoms in total. The molecule has 1 N–H and O–H groups in total. The van der Waals surface area contributed by atoms with Crippen LogP contribution >= 0.6 is 11.3 Å². The van der Waals surface area contributed by atoms with Gasteiger partial charge in [0, 0.05) is 29.8 Å². The molecule has 2 heterocycles. The van der Waals surface area contributed by atoms with Crippen LogP contribution in [-0.4, -0.2) is 36.3 Å². The number of nitrogens with zero attached hydrogens (tertiary/aromatic N) is 2. The maximum absolute atomic E-state index is 5.31. The van der Waals surface area contributed by atoms with Crippen LogP contribution in [0.1, 0.15) is 30.8 Å². The van der Waals surface area contributed by atoms with Crippen molar-refractivity contribution in [2.45, 2.75) is 39.2 Å². The minimum atomic E-state index is 0.308. The molecule has 110 valence electrons. The minimum Gasteiger partial charge on any atom is -0.383 e. The summed E-state index contributed by atoms with van der Waals surface area (Å²) >= 11 is 1.77. The lowest BCUT2D eigenvalue weighted by Crippen LogP contribution is -2.36. The summed E-state index contributed by atoms with van der Waals surface area (Å²) in [6.07, 6.45) is 4.73. The third kappa shape index (κ3) is 3.75. The highest BCUT2D eigenvalue weighted by molar-refractivity contribution is 7.18. The molecule has 5 heteroatoms. The number of aryl methyl sites for hydroxylation is 1. The second kappa shape index (κ2) is 7.67. The molecule has 2 aromatic heterocycles. The van der Waals surface area contributed by atoms with Crippen molar-refractivity contribution in [3.05, 3.63) is 23.0 Å². The first-order valence-electron chi connectivity index (χ1n) is 7.23. The molecular formula is C15H23N3OS. The average Bonchev–Trinajstić information content (AvgIpc) is 2.89. The van der Waals surface area contributed by atoms with Crippen molar-refractivity contribution in [2.24, 2.45) is 0 Å². The highest BCUT2D eigenvalue weighted by Crippen LogP contribution is 2.26. The second-order valence-electron chi connectivity index (χ2n) is 4.92. The van der Waals surface area contributed by atoms with Crippen molar-refractivity contribution >= 4 is 21.6 Å². The van der Waals surface area contributed by atoms with Gasteiger partial charge in [-0.05, 0) is 25.5 Å². The number of aromatic nitrogens is 2. The summed E-state index contributed by atoms with van der Waals surface area (Å²) < 4.78 is 5.31. The van der Waals surface area contributed by atoms with Gasteiger partial charge in [0.05, 0.1) is 12.3 Å². The van der Waals surface area contributed by atoms with E-state index in [1.807, 2.05) is 0 Å². The molecule has 0 aliphatic rings. The number of fused-ring (bicyclic) bond motifs is 1. The molecule has 0 fully saturated rings. The van der Waals surface area contributed by atoms with Crippen LogP contribution in [0.15, 0.2) is 12.4 Å². The van der Waals surface area contributed by atoms with E-state index >= 15 is 0 Å². The zero-order valence-electron chi connectivity index (χ0n) is 12.5. The fourth-order valence-corrected chi connectivity index (χ4v) is 3.22. The Morgan fingerprint density at radius 1 is 1.35 bits per heavy atom. The molecule has 0 radical (unpaired) electrons. The Labute approximate surface area is 124 Å². The second-order valence-corrected chi connectivity index (χ2v) is 6.03. The first kappa shape index (κ1) is 15.4. The summed E-state index contributed by atoms with van der Waals surface area (Å²) in [5, 5.41) is 4.72. The van der Waals surface area contributed by atoms with Gasteiger partial charge in [-0.3, -0.25) is 0 Å². The van der Waals surface area contributed by atoms with E-state index in [0.29, 0.717) is 12.6 Å². The van der Waals surface area contributed by atoms with Gasteiger partial charge in [0.2, 0.25) is 0 Å². The molecule has 20 heavy (non-hydrogen) atoms. The smallest absolute Gasteiger partial charge is 0.127 e.